The van der Waals surface area contributed by atoms with E-state index in [2.05, 4.69) is 93.4 Å². The van der Waals surface area contributed by atoms with E-state index >= 15 is 0 Å². The molecular formula is C26H28N2. The summed E-state index contributed by atoms with van der Waals surface area (Å²) in [4.78, 5) is 5.19. The van der Waals surface area contributed by atoms with Gasteiger partial charge in [-0.3, -0.25) is 4.99 Å². The Morgan fingerprint density at radius 2 is 2.04 bits per heavy atom. The molecule has 1 aliphatic heterocycles. The summed E-state index contributed by atoms with van der Waals surface area (Å²) in [5.74, 6) is 0.404. The molecule has 4 rings (SSSR count). The lowest BCUT2D eigenvalue weighted by Gasteiger charge is -2.47. The fourth-order valence-electron chi connectivity index (χ4n) is 4.81. The number of fused-ring (bicyclic) bond motifs is 3. The third kappa shape index (κ3) is 3.13. The van der Waals surface area contributed by atoms with E-state index < -0.39 is 0 Å². The maximum atomic E-state index is 5.19. The van der Waals surface area contributed by atoms with Crippen molar-refractivity contribution in [1.82, 2.24) is 5.32 Å². The lowest BCUT2D eigenvalue weighted by atomic mass is 9.62. The molecule has 0 spiro atoms. The molecule has 1 N–H and O–H groups in total. The van der Waals surface area contributed by atoms with Gasteiger partial charge in [-0.2, -0.15) is 0 Å². The van der Waals surface area contributed by atoms with Crippen LogP contribution in [0.5, 0.6) is 0 Å². The lowest BCUT2D eigenvalue weighted by Crippen LogP contribution is -2.44. The van der Waals surface area contributed by atoms with Crippen LogP contribution in [0.1, 0.15) is 37.8 Å². The Hall–Kier alpha value is -2.87. The van der Waals surface area contributed by atoms with E-state index in [-0.39, 0.29) is 5.54 Å². The summed E-state index contributed by atoms with van der Waals surface area (Å²) in [7, 11) is 0. The van der Waals surface area contributed by atoms with Crippen LogP contribution in [0.3, 0.4) is 0 Å². The van der Waals surface area contributed by atoms with Gasteiger partial charge >= 0.3 is 0 Å². The third-order valence-corrected chi connectivity index (χ3v) is 6.01. The molecule has 2 atom stereocenters. The van der Waals surface area contributed by atoms with Crippen LogP contribution < -0.4 is 5.32 Å². The molecule has 2 bridgehead atoms. The zero-order valence-corrected chi connectivity index (χ0v) is 17.0. The number of aliphatic imine (C=N–C) groups is 1. The molecule has 3 aliphatic rings. The highest BCUT2D eigenvalue weighted by atomic mass is 15.0. The van der Waals surface area contributed by atoms with Crippen LogP contribution in [0, 0.1) is 12.8 Å². The number of dihydropyridines is 1. The van der Waals surface area contributed by atoms with Gasteiger partial charge < -0.3 is 5.32 Å². The van der Waals surface area contributed by atoms with Crippen LogP contribution in [0.15, 0.2) is 94.3 Å². The average Bonchev–Trinajstić information content (AvgIpc) is 2.65. The molecule has 0 fully saturated rings. The second-order valence-corrected chi connectivity index (χ2v) is 7.97. The number of aryl methyl sites for hydroxylation is 1. The molecular weight excluding hydrogens is 340 g/mol. The topological polar surface area (TPSA) is 24.4 Å². The van der Waals surface area contributed by atoms with Gasteiger partial charge in [0.15, 0.2) is 0 Å². The van der Waals surface area contributed by atoms with Gasteiger partial charge in [0.05, 0.1) is 0 Å². The van der Waals surface area contributed by atoms with E-state index in [9.17, 15) is 0 Å². The quantitative estimate of drug-likeness (QED) is 0.509. The number of allylic oxidation sites excluding steroid dienone is 5. The summed E-state index contributed by atoms with van der Waals surface area (Å²) < 4.78 is 0. The van der Waals surface area contributed by atoms with Gasteiger partial charge in [0, 0.05) is 35.5 Å². The molecule has 2 unspecified atom stereocenters. The molecule has 0 radical (unpaired) electrons. The Kier molecular flexibility index (Phi) is 4.80. The van der Waals surface area contributed by atoms with Gasteiger partial charge in [-0.05, 0) is 56.0 Å². The Balaban J connectivity index is 1.75. The van der Waals surface area contributed by atoms with E-state index in [0.717, 1.165) is 18.5 Å². The van der Waals surface area contributed by atoms with Crippen LogP contribution in [0.2, 0.25) is 0 Å². The molecule has 2 aliphatic carbocycles. The molecule has 2 heteroatoms. The Bertz CT molecular complexity index is 997. The van der Waals surface area contributed by atoms with E-state index in [1.54, 1.807) is 0 Å². The van der Waals surface area contributed by atoms with Gasteiger partial charge in [-0.1, -0.05) is 60.7 Å². The second kappa shape index (κ2) is 7.27. The van der Waals surface area contributed by atoms with Gasteiger partial charge in [0.1, 0.15) is 5.54 Å². The molecule has 142 valence electrons. The van der Waals surface area contributed by atoms with Crippen molar-refractivity contribution in [1.29, 1.82) is 0 Å². The lowest BCUT2D eigenvalue weighted by molar-refractivity contribution is 0.453. The second-order valence-electron chi connectivity index (χ2n) is 7.97. The SMILES string of the molecule is C=C1C=CC2=C(CC3C=C(C)CC2(/N=C/C=C/c2ccccc2C)/C3=C/C)N1. The molecule has 0 saturated heterocycles. The van der Waals surface area contributed by atoms with Crippen LogP contribution in [0.4, 0.5) is 0 Å². The number of hydrogen-bond acceptors (Lipinski definition) is 2. The first-order valence-electron chi connectivity index (χ1n) is 10.0. The highest BCUT2D eigenvalue weighted by molar-refractivity contribution is 5.80. The summed E-state index contributed by atoms with van der Waals surface area (Å²) in [6.07, 6.45) is 17.1. The van der Waals surface area contributed by atoms with E-state index in [4.69, 9.17) is 4.99 Å². The normalized spacial score (nSPS) is 28.1. The maximum Gasteiger partial charge on any atom is 0.112 e. The number of nitrogens with one attached hydrogen (secondary N) is 1. The highest BCUT2D eigenvalue weighted by Gasteiger charge is 2.47. The summed E-state index contributed by atoms with van der Waals surface area (Å²) in [5, 5.41) is 3.50. The Morgan fingerprint density at radius 3 is 2.82 bits per heavy atom. The Labute approximate surface area is 168 Å². The van der Waals surface area contributed by atoms with Crippen molar-refractivity contribution < 1.29 is 0 Å². The largest absolute Gasteiger partial charge is 0.359 e. The van der Waals surface area contributed by atoms with Crippen LogP contribution in [0.25, 0.3) is 6.08 Å². The van der Waals surface area contributed by atoms with Crippen molar-refractivity contribution in [2.45, 2.75) is 39.2 Å². The van der Waals surface area contributed by atoms with Crippen molar-refractivity contribution in [3.63, 3.8) is 0 Å². The summed E-state index contributed by atoms with van der Waals surface area (Å²) >= 11 is 0. The van der Waals surface area contributed by atoms with Crippen molar-refractivity contribution in [2.24, 2.45) is 10.9 Å². The van der Waals surface area contributed by atoms with Crippen molar-refractivity contribution in [3.05, 3.63) is 100 Å². The average molecular weight is 369 g/mol. The van der Waals surface area contributed by atoms with E-state index in [1.807, 2.05) is 6.21 Å². The third-order valence-electron chi connectivity index (χ3n) is 6.01. The van der Waals surface area contributed by atoms with E-state index in [1.165, 1.54) is 33.5 Å². The van der Waals surface area contributed by atoms with Crippen molar-refractivity contribution in [3.8, 4) is 0 Å². The smallest absolute Gasteiger partial charge is 0.112 e. The van der Waals surface area contributed by atoms with Crippen LogP contribution in [-0.2, 0) is 0 Å². The summed E-state index contributed by atoms with van der Waals surface area (Å²) in [6.45, 7) is 10.6. The molecule has 0 saturated carbocycles. The summed E-state index contributed by atoms with van der Waals surface area (Å²) in [6, 6.07) is 8.42. The minimum Gasteiger partial charge on any atom is -0.359 e. The standard InChI is InChI=1S/C26H28N2/c1-5-23-22-15-18(2)17-26(23,24-13-12-20(4)28-25(24)16-22)27-14-8-11-21-10-7-6-9-19(21)3/h5-15,22,28H,4,16-17H2,1-3H3/b11-8+,23-5+,27-14+. The van der Waals surface area contributed by atoms with Gasteiger partial charge in [0.2, 0.25) is 0 Å². The predicted octanol–water partition coefficient (Wildman–Crippen LogP) is 6.06. The first kappa shape index (κ1) is 18.5. The van der Waals surface area contributed by atoms with Crippen molar-refractivity contribution in [2.75, 3.05) is 0 Å². The predicted molar refractivity (Wildman–Crippen MR) is 120 cm³/mol. The summed E-state index contributed by atoms with van der Waals surface area (Å²) in [5.41, 5.74) is 8.54. The number of hydrogen-bond donors (Lipinski definition) is 1. The maximum absolute atomic E-state index is 5.19. The minimum absolute atomic E-state index is 0.313. The minimum atomic E-state index is -0.313. The molecule has 1 aromatic rings. The first-order chi connectivity index (χ1) is 13.5. The fourth-order valence-corrected chi connectivity index (χ4v) is 4.81. The van der Waals surface area contributed by atoms with Crippen LogP contribution in [-0.4, -0.2) is 11.8 Å². The van der Waals surface area contributed by atoms with Crippen molar-refractivity contribution >= 4 is 12.3 Å². The van der Waals surface area contributed by atoms with Gasteiger partial charge in [0.25, 0.3) is 0 Å². The number of benzene rings is 1. The molecule has 28 heavy (non-hydrogen) atoms. The number of nitrogens with zero attached hydrogens (tertiary/aromatic N) is 1. The van der Waals surface area contributed by atoms with Gasteiger partial charge in [-0.25, -0.2) is 0 Å². The molecule has 2 nitrogen and oxygen atoms in total. The Morgan fingerprint density at radius 1 is 1.21 bits per heavy atom. The van der Waals surface area contributed by atoms with E-state index in [0.29, 0.717) is 5.92 Å². The molecule has 0 aromatic heterocycles. The highest BCUT2D eigenvalue weighted by Crippen LogP contribution is 2.51. The molecule has 1 heterocycles. The zero-order valence-electron chi connectivity index (χ0n) is 17.0. The first-order valence-corrected chi connectivity index (χ1v) is 10.0. The zero-order chi connectivity index (χ0) is 19.7. The van der Waals surface area contributed by atoms with Crippen LogP contribution >= 0.6 is 0 Å². The molecule has 0 amide bonds. The molecule has 1 aromatic carbocycles. The van der Waals surface area contributed by atoms with Gasteiger partial charge in [-0.15, -0.1) is 0 Å². The monoisotopic (exact) mass is 368 g/mol. The number of rotatable bonds is 3. The fraction of sp³-hybridized carbons (Fsp3) is 0.269.